The van der Waals surface area contributed by atoms with Crippen molar-refractivity contribution in [2.24, 2.45) is 23.0 Å². The fourth-order valence-electron chi connectivity index (χ4n) is 2.20. The Hall–Kier alpha value is -1.10. The number of rotatable bonds is 5. The van der Waals surface area contributed by atoms with Gasteiger partial charge < -0.3 is 15.7 Å². The zero-order valence-electron chi connectivity index (χ0n) is 11.5. The first-order chi connectivity index (χ1) is 8.31. The van der Waals surface area contributed by atoms with E-state index in [0.717, 1.165) is 6.42 Å². The summed E-state index contributed by atoms with van der Waals surface area (Å²) in [4.78, 5) is 25.2. The number of carboxylic acids is 1. The molecule has 0 spiro atoms. The number of hydrogen-bond donors (Lipinski definition) is 2. The molecule has 5 heteroatoms. The summed E-state index contributed by atoms with van der Waals surface area (Å²) in [6.07, 6.45) is 0.991. The molecule has 0 radical (unpaired) electrons. The third-order valence-corrected chi connectivity index (χ3v) is 4.25. The average molecular weight is 256 g/mol. The summed E-state index contributed by atoms with van der Waals surface area (Å²) in [5.74, 6) is -0.680. The van der Waals surface area contributed by atoms with Crippen molar-refractivity contribution in [1.82, 2.24) is 4.90 Å². The molecule has 0 aromatic heterocycles. The van der Waals surface area contributed by atoms with Gasteiger partial charge in [0.15, 0.2) is 0 Å². The number of hydrogen-bond acceptors (Lipinski definition) is 3. The summed E-state index contributed by atoms with van der Waals surface area (Å²) in [5, 5.41) is 9.30. The Morgan fingerprint density at radius 3 is 2.50 bits per heavy atom. The lowest BCUT2D eigenvalue weighted by atomic mass is 9.76. The van der Waals surface area contributed by atoms with E-state index in [0.29, 0.717) is 25.6 Å². The molecule has 1 aliphatic rings. The molecule has 1 heterocycles. The van der Waals surface area contributed by atoms with Crippen LogP contribution in [0.4, 0.5) is 0 Å². The molecule has 1 rings (SSSR count). The first-order valence-electron chi connectivity index (χ1n) is 6.52. The van der Waals surface area contributed by atoms with E-state index < -0.39 is 11.4 Å². The highest BCUT2D eigenvalue weighted by atomic mass is 16.4. The Kier molecular flexibility index (Phi) is 4.73. The van der Waals surface area contributed by atoms with Crippen LogP contribution in [0.1, 0.15) is 33.6 Å². The van der Waals surface area contributed by atoms with Crippen LogP contribution in [0.25, 0.3) is 0 Å². The van der Waals surface area contributed by atoms with Gasteiger partial charge in [-0.05, 0) is 31.7 Å². The molecule has 1 amide bonds. The summed E-state index contributed by atoms with van der Waals surface area (Å²) in [5.41, 5.74) is 4.60. The Labute approximate surface area is 108 Å². The molecular formula is C13H24N2O3. The van der Waals surface area contributed by atoms with Gasteiger partial charge in [-0.2, -0.15) is 0 Å². The maximum atomic E-state index is 12.2. The third kappa shape index (κ3) is 3.02. The quantitative estimate of drug-likeness (QED) is 0.766. The second kappa shape index (κ2) is 5.69. The van der Waals surface area contributed by atoms with Crippen molar-refractivity contribution in [3.8, 4) is 0 Å². The molecule has 0 saturated carbocycles. The summed E-state index contributed by atoms with van der Waals surface area (Å²) < 4.78 is 0. The Morgan fingerprint density at radius 1 is 1.50 bits per heavy atom. The van der Waals surface area contributed by atoms with Gasteiger partial charge in [-0.25, -0.2) is 0 Å². The summed E-state index contributed by atoms with van der Waals surface area (Å²) in [7, 11) is 0. The largest absolute Gasteiger partial charge is 0.481 e. The monoisotopic (exact) mass is 256 g/mol. The number of carbonyl (C=O) groups excluding carboxylic acids is 1. The molecule has 1 aliphatic heterocycles. The highest BCUT2D eigenvalue weighted by Crippen LogP contribution is 2.32. The van der Waals surface area contributed by atoms with Gasteiger partial charge >= 0.3 is 5.97 Å². The van der Waals surface area contributed by atoms with Crippen molar-refractivity contribution in [3.63, 3.8) is 0 Å². The number of nitrogens with two attached hydrogens (primary N) is 1. The zero-order valence-corrected chi connectivity index (χ0v) is 11.5. The Balaban J connectivity index is 2.66. The van der Waals surface area contributed by atoms with Crippen molar-refractivity contribution in [2.75, 3.05) is 19.6 Å². The Morgan fingerprint density at radius 2 is 2.11 bits per heavy atom. The minimum absolute atomic E-state index is 0.0652. The van der Waals surface area contributed by atoms with Crippen molar-refractivity contribution < 1.29 is 14.7 Å². The summed E-state index contributed by atoms with van der Waals surface area (Å²) >= 11 is 0. The molecule has 0 bridgehead atoms. The van der Waals surface area contributed by atoms with Gasteiger partial charge in [-0.15, -0.1) is 0 Å². The molecule has 104 valence electrons. The molecule has 1 fully saturated rings. The lowest BCUT2D eigenvalue weighted by Gasteiger charge is -2.30. The third-order valence-electron chi connectivity index (χ3n) is 4.25. The normalized spacial score (nSPS) is 23.2. The first-order valence-corrected chi connectivity index (χ1v) is 6.52. The summed E-state index contributed by atoms with van der Waals surface area (Å²) in [6.45, 7) is 7.29. The number of nitrogens with zero attached hydrogens (tertiary/aromatic N) is 1. The number of carboxylic acid groups (broad SMARTS) is 1. The van der Waals surface area contributed by atoms with Crippen LogP contribution >= 0.6 is 0 Å². The molecule has 1 saturated heterocycles. The predicted molar refractivity (Wildman–Crippen MR) is 68.9 cm³/mol. The maximum Gasteiger partial charge on any atom is 0.310 e. The van der Waals surface area contributed by atoms with Crippen LogP contribution in [0.3, 0.4) is 0 Å². The molecule has 0 aromatic carbocycles. The molecule has 18 heavy (non-hydrogen) atoms. The van der Waals surface area contributed by atoms with Gasteiger partial charge in [-0.1, -0.05) is 13.8 Å². The first kappa shape index (κ1) is 15.0. The van der Waals surface area contributed by atoms with Crippen LogP contribution in [-0.4, -0.2) is 41.5 Å². The van der Waals surface area contributed by atoms with E-state index in [9.17, 15) is 14.7 Å². The lowest BCUT2D eigenvalue weighted by Crippen LogP contribution is -2.40. The van der Waals surface area contributed by atoms with Gasteiger partial charge in [0.05, 0.1) is 5.41 Å². The van der Waals surface area contributed by atoms with Gasteiger partial charge in [0, 0.05) is 19.5 Å². The van der Waals surface area contributed by atoms with Crippen LogP contribution in [0.5, 0.6) is 0 Å². The van der Waals surface area contributed by atoms with Gasteiger partial charge in [-0.3, -0.25) is 9.59 Å². The highest BCUT2D eigenvalue weighted by Gasteiger charge is 2.40. The smallest absolute Gasteiger partial charge is 0.310 e. The Bertz CT molecular complexity index is 330. The zero-order chi connectivity index (χ0) is 13.9. The molecule has 2 unspecified atom stereocenters. The van der Waals surface area contributed by atoms with Gasteiger partial charge in [0.25, 0.3) is 0 Å². The van der Waals surface area contributed by atoms with Crippen LogP contribution in [0.15, 0.2) is 0 Å². The van der Waals surface area contributed by atoms with Crippen LogP contribution in [-0.2, 0) is 9.59 Å². The minimum Gasteiger partial charge on any atom is -0.481 e. The standard InChI is InChI=1S/C13H24N2O3/c1-9(2)13(3,12(17)18)6-11(16)15-5-4-10(7-14)8-15/h9-10H,4-8,14H2,1-3H3,(H,17,18). The van der Waals surface area contributed by atoms with E-state index in [1.54, 1.807) is 11.8 Å². The van der Waals surface area contributed by atoms with Gasteiger partial charge in [0.2, 0.25) is 5.91 Å². The van der Waals surface area contributed by atoms with Crippen molar-refractivity contribution in [1.29, 1.82) is 0 Å². The van der Waals surface area contributed by atoms with Crippen LogP contribution < -0.4 is 5.73 Å². The maximum absolute atomic E-state index is 12.2. The fraction of sp³-hybridized carbons (Fsp3) is 0.846. The molecule has 5 nitrogen and oxygen atoms in total. The number of carbonyl (C=O) groups is 2. The van der Waals surface area contributed by atoms with Crippen LogP contribution in [0.2, 0.25) is 0 Å². The highest BCUT2D eigenvalue weighted by molar-refractivity contribution is 5.85. The topological polar surface area (TPSA) is 83.6 Å². The number of aliphatic carboxylic acids is 1. The molecule has 2 atom stereocenters. The molecular weight excluding hydrogens is 232 g/mol. The predicted octanol–water partition coefficient (Wildman–Crippen LogP) is 0.931. The van der Waals surface area contributed by atoms with Crippen molar-refractivity contribution in [2.45, 2.75) is 33.6 Å². The lowest BCUT2D eigenvalue weighted by molar-refractivity contribution is -0.155. The van der Waals surface area contributed by atoms with E-state index in [2.05, 4.69) is 0 Å². The average Bonchev–Trinajstić information content (AvgIpc) is 2.76. The van der Waals surface area contributed by atoms with Crippen molar-refractivity contribution in [3.05, 3.63) is 0 Å². The minimum atomic E-state index is -0.988. The van der Waals surface area contributed by atoms with Crippen molar-refractivity contribution >= 4 is 11.9 Å². The van der Waals surface area contributed by atoms with E-state index in [-0.39, 0.29) is 18.2 Å². The molecule has 0 aliphatic carbocycles. The SMILES string of the molecule is CC(C)C(C)(CC(=O)N1CCC(CN)C1)C(=O)O. The fourth-order valence-corrected chi connectivity index (χ4v) is 2.20. The molecule has 3 N–H and O–H groups in total. The second-order valence-electron chi connectivity index (χ2n) is 5.78. The summed E-state index contributed by atoms with van der Waals surface area (Å²) in [6, 6.07) is 0. The number of likely N-dealkylation sites (tertiary alicyclic amines) is 1. The van der Waals surface area contributed by atoms with E-state index in [1.165, 1.54) is 0 Å². The second-order valence-corrected chi connectivity index (χ2v) is 5.78. The van der Waals surface area contributed by atoms with E-state index in [4.69, 9.17) is 5.73 Å². The molecule has 0 aromatic rings. The van der Waals surface area contributed by atoms with E-state index >= 15 is 0 Å². The number of amides is 1. The van der Waals surface area contributed by atoms with Crippen LogP contribution in [0, 0.1) is 17.3 Å². The van der Waals surface area contributed by atoms with E-state index in [1.807, 2.05) is 13.8 Å². The van der Waals surface area contributed by atoms with Gasteiger partial charge in [0.1, 0.15) is 0 Å².